The number of methoxy groups -OCH3 is 1. The second kappa shape index (κ2) is 5.78. The van der Waals surface area contributed by atoms with Crippen molar-refractivity contribution < 1.29 is 15.0 Å². The summed E-state index contributed by atoms with van der Waals surface area (Å²) in [7, 11) is 1.49. The maximum atomic E-state index is 11.8. The molecule has 76 valence electrons. The Hall–Kier alpha value is -0.870. The van der Waals surface area contributed by atoms with Crippen LogP contribution in [0.4, 0.5) is 0 Å². The van der Waals surface area contributed by atoms with Crippen LogP contribution in [-0.4, -0.2) is 26.2 Å². The van der Waals surface area contributed by atoms with E-state index in [2.05, 4.69) is 21.2 Å². The monoisotopic (exact) mass is 261 g/mol. The highest BCUT2D eigenvalue weighted by atomic mass is 79.9. The molecule has 0 aliphatic carbocycles. The third kappa shape index (κ3) is 3.47. The zero-order valence-electron chi connectivity index (χ0n) is 11.6. The molecule has 4 heteroatoms. The molecule has 0 atom stereocenters. The smallest absolute Gasteiger partial charge is 0.251 e. The van der Waals surface area contributed by atoms with Gasteiger partial charge in [0.05, 0.1) is 12.1 Å². The largest absolute Gasteiger partial charge is 0.383 e. The third-order valence-corrected chi connectivity index (χ3v) is 1.81. The van der Waals surface area contributed by atoms with Crippen molar-refractivity contribution in [3.8, 4) is 0 Å². The molecule has 14 heavy (non-hydrogen) atoms. The van der Waals surface area contributed by atoms with Crippen LogP contribution in [0.3, 0.4) is 0 Å². The Morgan fingerprint density at radius 2 is 2.21 bits per heavy atom. The summed E-state index contributed by atoms with van der Waals surface area (Å²) in [4.78, 5) is 11.8. The lowest BCUT2D eigenvalue weighted by molar-refractivity contribution is 0.0937. The Labute approximate surface area is 97.2 Å². The lowest BCUT2D eigenvalue weighted by Crippen LogP contribution is -2.26. The molecule has 0 aromatic heterocycles. The van der Waals surface area contributed by atoms with E-state index in [1.54, 1.807) is 0 Å². The fourth-order valence-electron chi connectivity index (χ4n) is 0.766. The zero-order valence-corrected chi connectivity index (χ0v) is 9.19. The van der Waals surface area contributed by atoms with E-state index in [0.717, 1.165) is 0 Å². The van der Waals surface area contributed by atoms with E-state index >= 15 is 0 Å². The quantitative estimate of drug-likeness (QED) is 0.840. The van der Waals surface area contributed by atoms with E-state index in [9.17, 15) is 4.79 Å². The van der Waals surface area contributed by atoms with Gasteiger partial charge >= 0.3 is 0 Å². The molecule has 0 aliphatic heterocycles. The number of benzene rings is 1. The van der Waals surface area contributed by atoms with Crippen LogP contribution in [0.1, 0.15) is 15.8 Å². The highest BCUT2D eigenvalue weighted by molar-refractivity contribution is 9.10. The van der Waals surface area contributed by atoms with Crippen LogP contribution in [0.25, 0.3) is 0 Å². The molecule has 0 unspecified atom stereocenters. The van der Waals surface area contributed by atoms with Crippen molar-refractivity contribution in [2.45, 2.75) is 0 Å². The van der Waals surface area contributed by atoms with Crippen molar-refractivity contribution in [1.82, 2.24) is 5.32 Å². The van der Waals surface area contributed by atoms with Gasteiger partial charge in [-0.1, -0.05) is 15.9 Å². The molecule has 1 amide bonds. The van der Waals surface area contributed by atoms with Gasteiger partial charge in [0.1, 0.15) is 0 Å². The molecular formula is C10H12BrNO2. The number of rotatable bonds is 4. The highest BCUT2D eigenvalue weighted by Gasteiger charge is 2.02. The van der Waals surface area contributed by atoms with Crippen molar-refractivity contribution in [2.75, 3.05) is 20.3 Å². The van der Waals surface area contributed by atoms with E-state index in [1.807, 2.05) is 0 Å². The first-order valence-electron chi connectivity index (χ1n) is 5.94. The van der Waals surface area contributed by atoms with Crippen molar-refractivity contribution in [3.05, 3.63) is 34.2 Å². The molecule has 0 aliphatic rings. The van der Waals surface area contributed by atoms with E-state index in [0.29, 0.717) is 6.61 Å². The Balaban J connectivity index is 3.13. The van der Waals surface area contributed by atoms with Crippen LogP contribution in [0.5, 0.6) is 0 Å². The molecule has 0 saturated heterocycles. The van der Waals surface area contributed by atoms with Gasteiger partial charge in [0, 0.05) is 23.7 Å². The van der Waals surface area contributed by atoms with Gasteiger partial charge in [0.15, 0.2) is 0 Å². The summed E-state index contributed by atoms with van der Waals surface area (Å²) in [6.07, 6.45) is 0. The van der Waals surface area contributed by atoms with Gasteiger partial charge in [0.2, 0.25) is 0 Å². The molecule has 0 saturated carbocycles. The van der Waals surface area contributed by atoms with E-state index < -0.39 is 5.91 Å². The summed E-state index contributed by atoms with van der Waals surface area (Å²) in [5, 5.41) is 2.47. The molecule has 3 nitrogen and oxygen atoms in total. The van der Waals surface area contributed by atoms with Gasteiger partial charge in [-0.3, -0.25) is 4.79 Å². The second-order valence-corrected chi connectivity index (χ2v) is 3.23. The lowest BCUT2D eigenvalue weighted by atomic mass is 10.2. The lowest BCUT2D eigenvalue weighted by Gasteiger charge is -2.03. The molecular weight excluding hydrogens is 246 g/mol. The molecule has 1 aromatic carbocycles. The molecule has 1 aromatic rings. The Bertz CT molecular complexity index is 452. The molecule has 0 radical (unpaired) electrons. The van der Waals surface area contributed by atoms with Crippen LogP contribution in [0.15, 0.2) is 28.6 Å². The number of halogens is 1. The van der Waals surface area contributed by atoms with Gasteiger partial charge < -0.3 is 10.1 Å². The van der Waals surface area contributed by atoms with E-state index in [4.69, 9.17) is 10.2 Å². The minimum atomic E-state index is -0.642. The zero-order chi connectivity index (χ0) is 13.9. The number of nitrogens with one attached hydrogen (secondary N) is 1. The van der Waals surface area contributed by atoms with Gasteiger partial charge in [-0.05, 0) is 24.2 Å². The predicted octanol–water partition coefficient (Wildman–Crippen LogP) is 1.83. The van der Waals surface area contributed by atoms with Crippen LogP contribution in [-0.2, 0) is 4.74 Å². The number of hydrogen-bond donors (Lipinski definition) is 1. The molecule has 0 bridgehead atoms. The topological polar surface area (TPSA) is 38.3 Å². The average molecular weight is 262 g/mol. The summed E-state index contributed by atoms with van der Waals surface area (Å²) >= 11 is 2.96. The summed E-state index contributed by atoms with van der Waals surface area (Å²) in [6, 6.07) is -1.27. The van der Waals surface area contributed by atoms with Crippen LogP contribution in [0.2, 0.25) is 0 Å². The number of hydrogen-bond acceptors (Lipinski definition) is 2. The minimum Gasteiger partial charge on any atom is -0.383 e. The fraction of sp³-hybridized carbons (Fsp3) is 0.300. The molecule has 0 fully saturated rings. The molecule has 0 spiro atoms. The average Bonchev–Trinajstić information content (AvgIpc) is 2.34. The van der Waals surface area contributed by atoms with Crippen LogP contribution in [0, 0.1) is 0 Å². The first-order valence-corrected chi connectivity index (χ1v) is 4.74. The van der Waals surface area contributed by atoms with Crippen LogP contribution >= 0.6 is 15.9 Å². The number of carbonyl (C=O) groups excluding carboxylic acids is 1. The number of ether oxygens (including phenoxy) is 1. The second-order valence-electron chi connectivity index (χ2n) is 2.44. The van der Waals surface area contributed by atoms with Crippen LogP contribution < -0.4 is 5.32 Å². The minimum absolute atomic E-state index is 0.0472. The first-order chi connectivity index (χ1) is 8.41. The Morgan fingerprint density at radius 3 is 2.79 bits per heavy atom. The van der Waals surface area contributed by atoms with E-state index in [1.165, 1.54) is 7.11 Å². The normalized spacial score (nSPS) is 13.9. The maximum absolute atomic E-state index is 11.8. The Kier molecular flexibility index (Phi) is 2.72. The maximum Gasteiger partial charge on any atom is 0.251 e. The van der Waals surface area contributed by atoms with Gasteiger partial charge in [-0.15, -0.1) is 0 Å². The molecule has 1 rings (SSSR count). The van der Waals surface area contributed by atoms with Crippen molar-refractivity contribution in [3.63, 3.8) is 0 Å². The molecule has 0 heterocycles. The highest BCUT2D eigenvalue weighted by Crippen LogP contribution is 2.10. The number of amides is 1. The summed E-state index contributed by atoms with van der Waals surface area (Å²) in [5.41, 5.74) is -0.260. The summed E-state index contributed by atoms with van der Waals surface area (Å²) < 4.78 is 35.3. The summed E-state index contributed by atoms with van der Waals surface area (Å²) in [5.74, 6) is -0.642. The Morgan fingerprint density at radius 1 is 1.57 bits per heavy atom. The van der Waals surface area contributed by atoms with E-state index in [-0.39, 0.29) is 40.8 Å². The first kappa shape index (κ1) is 6.58. The van der Waals surface area contributed by atoms with Gasteiger partial charge in [0.25, 0.3) is 5.91 Å². The van der Waals surface area contributed by atoms with Gasteiger partial charge in [-0.25, -0.2) is 0 Å². The van der Waals surface area contributed by atoms with Crippen molar-refractivity contribution in [2.24, 2.45) is 0 Å². The standard InChI is InChI=1S/C10H12BrNO2/c1-14-7-6-12-10(13)8-2-4-9(11)5-3-8/h2-5H,6-7H2,1H3,(H,12,13)/i2D,3D,4D,5D. The van der Waals surface area contributed by atoms with Crippen molar-refractivity contribution in [1.29, 1.82) is 0 Å². The SMILES string of the molecule is [2H]c1c([2H])c(C(=O)NCCOC)c([2H])c([2H])c1Br. The summed E-state index contributed by atoms with van der Waals surface area (Å²) in [6.45, 7) is 0.551. The van der Waals surface area contributed by atoms with Crippen molar-refractivity contribution >= 4 is 21.8 Å². The number of carbonyl (C=O) groups is 1. The third-order valence-electron chi connectivity index (χ3n) is 1.41. The van der Waals surface area contributed by atoms with Gasteiger partial charge in [-0.2, -0.15) is 0 Å². The predicted molar refractivity (Wildman–Crippen MR) is 58.4 cm³/mol. The fourth-order valence-corrected chi connectivity index (χ4v) is 0.964. The molecule has 1 N–H and O–H groups in total.